The molecule has 2 aliphatic rings. The van der Waals surface area contributed by atoms with Crippen LogP contribution in [-0.2, 0) is 14.3 Å². The van der Waals surface area contributed by atoms with Crippen molar-refractivity contribution in [2.45, 2.75) is 44.7 Å². The topological polar surface area (TPSA) is 101 Å². The van der Waals surface area contributed by atoms with Crippen LogP contribution in [0.1, 0.15) is 65.1 Å². The summed E-state index contributed by atoms with van der Waals surface area (Å²) in [7, 11) is 0. The fourth-order valence-corrected chi connectivity index (χ4v) is 5.33. The summed E-state index contributed by atoms with van der Waals surface area (Å²) in [5, 5.41) is 3.19. The highest BCUT2D eigenvalue weighted by Crippen LogP contribution is 2.32. The minimum absolute atomic E-state index is 0.0642. The molecule has 0 spiro atoms. The lowest BCUT2D eigenvalue weighted by molar-refractivity contribution is -0.123. The number of carbonyl (C=O) groups is 3. The molecule has 40 heavy (non-hydrogen) atoms. The number of hydrogen-bond acceptors (Lipinski definition) is 7. The molecule has 2 aromatic carbocycles. The second-order valence-electron chi connectivity index (χ2n) is 10.0. The summed E-state index contributed by atoms with van der Waals surface area (Å²) in [6, 6.07) is 16.6. The summed E-state index contributed by atoms with van der Waals surface area (Å²) in [6.45, 7) is 4.92. The van der Waals surface area contributed by atoms with Crippen LogP contribution in [0.15, 0.2) is 71.3 Å². The van der Waals surface area contributed by atoms with Crippen LogP contribution < -0.4 is 15.1 Å². The van der Waals surface area contributed by atoms with Gasteiger partial charge in [-0.15, -0.1) is 0 Å². The van der Waals surface area contributed by atoms with Crippen LogP contribution >= 0.6 is 0 Å². The Morgan fingerprint density at radius 3 is 2.33 bits per heavy atom. The molecule has 1 N–H and O–H groups in total. The maximum absolute atomic E-state index is 14.0. The molecule has 9 heteroatoms. The van der Waals surface area contributed by atoms with Crippen molar-refractivity contribution in [1.82, 2.24) is 5.32 Å². The first-order valence-corrected chi connectivity index (χ1v) is 13.9. The molecule has 1 aliphatic carbocycles. The van der Waals surface area contributed by atoms with Gasteiger partial charge in [0.05, 0.1) is 31.6 Å². The van der Waals surface area contributed by atoms with Crippen molar-refractivity contribution in [2.24, 2.45) is 0 Å². The maximum Gasteiger partial charge on any atom is 0.338 e. The van der Waals surface area contributed by atoms with Gasteiger partial charge >= 0.3 is 5.97 Å². The average molecular weight is 546 g/mol. The molecule has 2 heterocycles. The number of morpholine rings is 1. The van der Waals surface area contributed by atoms with Gasteiger partial charge < -0.3 is 24.1 Å². The van der Waals surface area contributed by atoms with Gasteiger partial charge in [0, 0.05) is 30.5 Å². The van der Waals surface area contributed by atoms with E-state index >= 15 is 0 Å². The molecule has 0 radical (unpaired) electrons. The molecule has 3 aromatic rings. The van der Waals surface area contributed by atoms with Crippen molar-refractivity contribution >= 4 is 29.2 Å². The number of rotatable bonds is 9. The maximum atomic E-state index is 14.0. The van der Waals surface area contributed by atoms with Crippen molar-refractivity contribution in [3.05, 3.63) is 83.8 Å². The number of hydrogen-bond donors (Lipinski definition) is 1. The standard InChI is InChI=1S/C31H35N3O6/c1-2-39-31(37)23-11-15-26(16-12-23)34(30(36)27-8-5-19-40-27)28(29(35)32-24-6-3-4-7-24)22-9-13-25(14-10-22)33-17-20-38-21-18-33/h5,8-16,19,24,28H,2-4,6-7,17-18,20-21H2,1H3,(H,32,35)/t28-/m0/s1. The molecule has 9 nitrogen and oxygen atoms in total. The molecule has 2 amide bonds. The fraction of sp³-hybridized carbons (Fsp3) is 0.387. The third-order valence-corrected chi connectivity index (χ3v) is 7.40. The van der Waals surface area contributed by atoms with Gasteiger partial charge in [0.25, 0.3) is 5.91 Å². The minimum atomic E-state index is -0.967. The molecule has 1 saturated carbocycles. The van der Waals surface area contributed by atoms with Crippen molar-refractivity contribution < 1.29 is 28.3 Å². The summed E-state index contributed by atoms with van der Waals surface area (Å²) in [4.78, 5) is 43.9. The summed E-state index contributed by atoms with van der Waals surface area (Å²) in [6.07, 6.45) is 5.38. The van der Waals surface area contributed by atoms with E-state index in [-0.39, 0.29) is 24.3 Å². The molecule has 2 fully saturated rings. The highest BCUT2D eigenvalue weighted by atomic mass is 16.5. The smallest absolute Gasteiger partial charge is 0.338 e. The zero-order chi connectivity index (χ0) is 27.9. The van der Waals surface area contributed by atoms with E-state index in [9.17, 15) is 14.4 Å². The van der Waals surface area contributed by atoms with Gasteiger partial charge in [-0.05, 0) is 73.9 Å². The van der Waals surface area contributed by atoms with Gasteiger partial charge in [0.2, 0.25) is 5.91 Å². The van der Waals surface area contributed by atoms with Crippen molar-refractivity contribution in [2.75, 3.05) is 42.7 Å². The first-order valence-electron chi connectivity index (χ1n) is 13.9. The summed E-state index contributed by atoms with van der Waals surface area (Å²) < 4.78 is 16.1. The Labute approximate surface area is 234 Å². The molecule has 0 unspecified atom stereocenters. The van der Waals surface area contributed by atoms with Crippen molar-refractivity contribution in [3.8, 4) is 0 Å². The van der Waals surface area contributed by atoms with Crippen LogP contribution in [0.25, 0.3) is 0 Å². The fourth-order valence-electron chi connectivity index (χ4n) is 5.33. The van der Waals surface area contributed by atoms with Crippen LogP contribution in [0, 0.1) is 0 Å². The number of nitrogens with one attached hydrogen (secondary N) is 1. The van der Waals surface area contributed by atoms with Gasteiger partial charge in [-0.25, -0.2) is 4.79 Å². The molecule has 1 saturated heterocycles. The normalized spacial score (nSPS) is 16.4. The summed E-state index contributed by atoms with van der Waals surface area (Å²) in [5.74, 6) is -1.07. The van der Waals surface area contributed by atoms with Crippen molar-refractivity contribution in [3.63, 3.8) is 0 Å². The van der Waals surface area contributed by atoms with Crippen molar-refractivity contribution in [1.29, 1.82) is 0 Å². The zero-order valence-electron chi connectivity index (χ0n) is 22.7. The lowest BCUT2D eigenvalue weighted by atomic mass is 10.0. The molecule has 210 valence electrons. The number of esters is 1. The molecular formula is C31H35N3O6. The molecule has 1 aromatic heterocycles. The lowest BCUT2D eigenvalue weighted by Crippen LogP contribution is -2.46. The Kier molecular flexibility index (Phi) is 8.81. The van der Waals surface area contributed by atoms with Crippen LogP contribution in [0.2, 0.25) is 0 Å². The Morgan fingerprint density at radius 1 is 1.00 bits per heavy atom. The van der Waals surface area contributed by atoms with E-state index in [1.807, 2.05) is 24.3 Å². The van der Waals surface area contributed by atoms with Crippen LogP contribution in [0.4, 0.5) is 11.4 Å². The summed E-state index contributed by atoms with van der Waals surface area (Å²) in [5.41, 5.74) is 2.52. The number of benzene rings is 2. The SMILES string of the molecule is CCOC(=O)c1ccc(N(C(=O)c2ccco2)[C@H](C(=O)NC2CCCC2)c2ccc(N3CCOCC3)cc2)cc1. The van der Waals surface area contributed by atoms with Gasteiger partial charge in [-0.2, -0.15) is 0 Å². The highest BCUT2D eigenvalue weighted by Gasteiger charge is 2.36. The Hall–Kier alpha value is -4.11. The van der Waals surface area contributed by atoms with E-state index in [0.29, 0.717) is 30.0 Å². The van der Waals surface area contributed by atoms with Crippen LogP contribution in [-0.4, -0.2) is 56.7 Å². The van der Waals surface area contributed by atoms with E-state index in [1.54, 1.807) is 43.3 Å². The van der Waals surface area contributed by atoms with Crippen LogP contribution in [0.5, 0.6) is 0 Å². The Morgan fingerprint density at radius 2 is 1.70 bits per heavy atom. The predicted molar refractivity (Wildman–Crippen MR) is 151 cm³/mol. The molecule has 1 aliphatic heterocycles. The lowest BCUT2D eigenvalue weighted by Gasteiger charge is -2.33. The number of anilines is 2. The van der Waals surface area contributed by atoms with Gasteiger partial charge in [-0.1, -0.05) is 25.0 Å². The zero-order valence-corrected chi connectivity index (χ0v) is 22.7. The third kappa shape index (κ3) is 6.20. The van der Waals surface area contributed by atoms with E-state index in [0.717, 1.165) is 44.5 Å². The minimum Gasteiger partial charge on any atom is -0.462 e. The largest absolute Gasteiger partial charge is 0.462 e. The monoisotopic (exact) mass is 545 g/mol. The second-order valence-corrected chi connectivity index (χ2v) is 10.0. The van der Waals surface area contributed by atoms with E-state index in [1.165, 1.54) is 11.2 Å². The number of nitrogens with zero attached hydrogens (tertiary/aromatic N) is 2. The second kappa shape index (κ2) is 12.8. The van der Waals surface area contributed by atoms with Gasteiger partial charge in [0.15, 0.2) is 5.76 Å². The third-order valence-electron chi connectivity index (χ3n) is 7.40. The van der Waals surface area contributed by atoms with Crippen LogP contribution in [0.3, 0.4) is 0 Å². The van der Waals surface area contributed by atoms with E-state index < -0.39 is 17.9 Å². The van der Waals surface area contributed by atoms with E-state index in [4.69, 9.17) is 13.9 Å². The molecule has 1 atom stereocenters. The van der Waals surface area contributed by atoms with Gasteiger partial charge in [-0.3, -0.25) is 14.5 Å². The predicted octanol–water partition coefficient (Wildman–Crippen LogP) is 4.74. The highest BCUT2D eigenvalue weighted by molar-refractivity contribution is 6.09. The molecule has 5 rings (SSSR count). The number of amides is 2. The molecular weight excluding hydrogens is 510 g/mol. The summed E-state index contributed by atoms with van der Waals surface area (Å²) >= 11 is 0. The first kappa shape index (κ1) is 27.5. The Bertz CT molecular complexity index is 1280. The number of furan rings is 1. The first-order chi connectivity index (χ1) is 19.5. The average Bonchev–Trinajstić information content (AvgIpc) is 3.72. The quantitative estimate of drug-likeness (QED) is 0.388. The van der Waals surface area contributed by atoms with Gasteiger partial charge in [0.1, 0.15) is 6.04 Å². The number of ether oxygens (including phenoxy) is 2. The Balaban J connectivity index is 1.54. The molecule has 0 bridgehead atoms. The van der Waals surface area contributed by atoms with E-state index in [2.05, 4.69) is 10.2 Å². The number of carbonyl (C=O) groups excluding carboxylic acids is 3.